The van der Waals surface area contributed by atoms with Gasteiger partial charge in [-0.25, -0.2) is 0 Å². The zero-order chi connectivity index (χ0) is 16.8. The molecule has 8 heteroatoms. The van der Waals surface area contributed by atoms with Crippen molar-refractivity contribution in [3.63, 3.8) is 0 Å². The predicted molar refractivity (Wildman–Crippen MR) is 80.4 cm³/mol. The molecule has 2 amide bonds. The molecule has 1 aromatic rings. The summed E-state index contributed by atoms with van der Waals surface area (Å²) in [7, 11) is 0. The van der Waals surface area contributed by atoms with E-state index in [0.717, 1.165) is 12.8 Å². The average molecular weight is 347 g/mol. The van der Waals surface area contributed by atoms with E-state index in [1.54, 1.807) is 0 Å². The number of hydrogen-bond donors (Lipinski definition) is 1. The van der Waals surface area contributed by atoms with Gasteiger partial charge in [-0.3, -0.25) is 9.59 Å². The predicted octanol–water partition coefficient (Wildman–Crippen LogP) is 2.57. The van der Waals surface area contributed by atoms with Gasteiger partial charge in [0, 0.05) is 30.1 Å². The minimum Gasteiger partial charge on any atom is -0.434 e. The highest BCUT2D eigenvalue weighted by molar-refractivity contribution is 6.30. The SMILES string of the molecule is O=C(CN1CCCCC1=O)NCc1cc(Cl)ccc1OC(F)F. The summed E-state index contributed by atoms with van der Waals surface area (Å²) in [4.78, 5) is 25.1. The van der Waals surface area contributed by atoms with Crippen molar-refractivity contribution in [2.75, 3.05) is 13.1 Å². The Hall–Kier alpha value is -1.89. The van der Waals surface area contributed by atoms with Crippen molar-refractivity contribution in [1.29, 1.82) is 0 Å². The smallest absolute Gasteiger partial charge is 0.387 e. The van der Waals surface area contributed by atoms with Gasteiger partial charge >= 0.3 is 6.61 Å². The molecule has 1 saturated heterocycles. The van der Waals surface area contributed by atoms with E-state index in [0.29, 0.717) is 23.6 Å². The van der Waals surface area contributed by atoms with Crippen LogP contribution in [0.15, 0.2) is 18.2 Å². The summed E-state index contributed by atoms with van der Waals surface area (Å²) in [6.07, 6.45) is 2.17. The largest absolute Gasteiger partial charge is 0.434 e. The van der Waals surface area contributed by atoms with Gasteiger partial charge in [0.25, 0.3) is 0 Å². The fourth-order valence-corrected chi connectivity index (χ4v) is 2.54. The van der Waals surface area contributed by atoms with Crippen molar-refractivity contribution in [2.45, 2.75) is 32.4 Å². The van der Waals surface area contributed by atoms with E-state index in [2.05, 4.69) is 10.1 Å². The van der Waals surface area contributed by atoms with E-state index in [9.17, 15) is 18.4 Å². The monoisotopic (exact) mass is 346 g/mol. The summed E-state index contributed by atoms with van der Waals surface area (Å²) in [5, 5.41) is 2.94. The van der Waals surface area contributed by atoms with Crippen molar-refractivity contribution >= 4 is 23.4 Å². The highest BCUT2D eigenvalue weighted by Crippen LogP contribution is 2.24. The van der Waals surface area contributed by atoms with Gasteiger partial charge in [-0.2, -0.15) is 8.78 Å². The van der Waals surface area contributed by atoms with Gasteiger partial charge in [0.05, 0.1) is 6.54 Å². The topological polar surface area (TPSA) is 58.6 Å². The van der Waals surface area contributed by atoms with E-state index < -0.39 is 6.61 Å². The lowest BCUT2D eigenvalue weighted by molar-refractivity contribution is -0.137. The summed E-state index contributed by atoms with van der Waals surface area (Å²) in [6.45, 7) is -2.45. The maximum absolute atomic E-state index is 12.4. The second-order valence-electron chi connectivity index (χ2n) is 5.18. The molecule has 5 nitrogen and oxygen atoms in total. The number of rotatable bonds is 6. The van der Waals surface area contributed by atoms with E-state index in [1.165, 1.54) is 23.1 Å². The first kappa shape index (κ1) is 17.5. The highest BCUT2D eigenvalue weighted by Gasteiger charge is 2.20. The molecular formula is C15H17ClF2N2O3. The Morgan fingerprint density at radius 2 is 2.17 bits per heavy atom. The normalized spacial score (nSPS) is 15.0. The van der Waals surface area contributed by atoms with Crippen molar-refractivity contribution in [3.05, 3.63) is 28.8 Å². The number of benzene rings is 1. The minimum absolute atomic E-state index is 0.0104. The van der Waals surface area contributed by atoms with E-state index in [4.69, 9.17) is 11.6 Å². The molecule has 1 N–H and O–H groups in total. The third kappa shape index (κ3) is 5.35. The van der Waals surface area contributed by atoms with Gasteiger partial charge in [-0.05, 0) is 31.0 Å². The molecule has 1 aromatic carbocycles. The Balaban J connectivity index is 1.93. The van der Waals surface area contributed by atoms with Crippen LogP contribution in [0.1, 0.15) is 24.8 Å². The number of amides is 2. The molecule has 1 heterocycles. The molecule has 2 rings (SSSR count). The molecular weight excluding hydrogens is 330 g/mol. The molecule has 0 radical (unpaired) electrons. The van der Waals surface area contributed by atoms with Gasteiger partial charge in [0.2, 0.25) is 11.8 Å². The van der Waals surface area contributed by atoms with Crippen molar-refractivity contribution in [3.8, 4) is 5.75 Å². The van der Waals surface area contributed by atoms with Crippen LogP contribution in [0.4, 0.5) is 8.78 Å². The van der Waals surface area contributed by atoms with Crippen LogP contribution in [-0.4, -0.2) is 36.4 Å². The zero-order valence-corrected chi connectivity index (χ0v) is 13.1. The number of likely N-dealkylation sites (tertiary alicyclic amines) is 1. The Morgan fingerprint density at radius 3 is 2.87 bits per heavy atom. The first-order valence-corrected chi connectivity index (χ1v) is 7.61. The zero-order valence-electron chi connectivity index (χ0n) is 12.4. The van der Waals surface area contributed by atoms with Gasteiger partial charge in [0.1, 0.15) is 5.75 Å². The third-order valence-corrected chi connectivity index (χ3v) is 3.71. The number of ether oxygens (including phenoxy) is 1. The number of hydrogen-bond acceptors (Lipinski definition) is 3. The van der Waals surface area contributed by atoms with Gasteiger partial charge in [-0.15, -0.1) is 0 Å². The molecule has 0 aromatic heterocycles. The van der Waals surface area contributed by atoms with E-state index >= 15 is 0 Å². The fraction of sp³-hybridized carbons (Fsp3) is 0.467. The van der Waals surface area contributed by atoms with Crippen LogP contribution in [-0.2, 0) is 16.1 Å². The molecule has 0 bridgehead atoms. The second kappa shape index (κ2) is 8.10. The molecule has 0 aliphatic carbocycles. The lowest BCUT2D eigenvalue weighted by Gasteiger charge is -2.26. The van der Waals surface area contributed by atoms with Crippen LogP contribution in [0.25, 0.3) is 0 Å². The number of carbonyl (C=O) groups excluding carboxylic acids is 2. The number of carbonyl (C=O) groups is 2. The van der Waals surface area contributed by atoms with Crippen LogP contribution in [0.5, 0.6) is 5.75 Å². The van der Waals surface area contributed by atoms with Gasteiger partial charge in [0.15, 0.2) is 0 Å². The summed E-state index contributed by atoms with van der Waals surface area (Å²) in [5.74, 6) is -0.446. The summed E-state index contributed by atoms with van der Waals surface area (Å²) < 4.78 is 29.1. The number of halogens is 3. The van der Waals surface area contributed by atoms with E-state index in [-0.39, 0.29) is 30.7 Å². The van der Waals surface area contributed by atoms with Gasteiger partial charge < -0.3 is 15.0 Å². The molecule has 0 unspecified atom stereocenters. The van der Waals surface area contributed by atoms with Crippen LogP contribution in [0, 0.1) is 0 Å². The van der Waals surface area contributed by atoms with Crippen molar-refractivity contribution < 1.29 is 23.1 Å². The Bertz CT molecular complexity index is 584. The van der Waals surface area contributed by atoms with Gasteiger partial charge in [-0.1, -0.05) is 11.6 Å². The standard InChI is InChI=1S/C15H17ClF2N2O3/c16-11-4-5-12(23-15(17)18)10(7-11)8-19-13(21)9-20-6-2-1-3-14(20)22/h4-5,7,15H,1-3,6,8-9H2,(H,19,21). The molecule has 0 atom stereocenters. The molecule has 1 aliphatic heterocycles. The Morgan fingerprint density at radius 1 is 1.39 bits per heavy atom. The maximum atomic E-state index is 12.4. The van der Waals surface area contributed by atoms with Crippen molar-refractivity contribution in [2.24, 2.45) is 0 Å². The lowest BCUT2D eigenvalue weighted by atomic mass is 10.1. The number of alkyl halides is 2. The molecule has 23 heavy (non-hydrogen) atoms. The number of nitrogens with zero attached hydrogens (tertiary/aromatic N) is 1. The minimum atomic E-state index is -2.96. The lowest BCUT2D eigenvalue weighted by Crippen LogP contribution is -2.42. The number of nitrogens with one attached hydrogen (secondary N) is 1. The highest BCUT2D eigenvalue weighted by atomic mass is 35.5. The van der Waals surface area contributed by atoms with Crippen LogP contribution < -0.4 is 10.1 Å². The average Bonchev–Trinajstić information content (AvgIpc) is 2.49. The summed E-state index contributed by atoms with van der Waals surface area (Å²) in [6, 6.07) is 4.20. The fourth-order valence-electron chi connectivity index (χ4n) is 2.35. The summed E-state index contributed by atoms with van der Waals surface area (Å²) >= 11 is 5.83. The molecule has 1 fully saturated rings. The van der Waals surface area contributed by atoms with Crippen LogP contribution in [0.3, 0.4) is 0 Å². The molecule has 126 valence electrons. The first-order valence-electron chi connectivity index (χ1n) is 7.23. The van der Waals surface area contributed by atoms with Crippen molar-refractivity contribution in [1.82, 2.24) is 10.2 Å². The van der Waals surface area contributed by atoms with Crippen LogP contribution in [0.2, 0.25) is 5.02 Å². The molecule has 0 saturated carbocycles. The second-order valence-corrected chi connectivity index (χ2v) is 5.62. The summed E-state index contributed by atoms with van der Waals surface area (Å²) in [5.41, 5.74) is 0.344. The Kier molecular flexibility index (Phi) is 6.15. The number of piperidine rings is 1. The third-order valence-electron chi connectivity index (χ3n) is 3.47. The Labute approximate surface area is 137 Å². The maximum Gasteiger partial charge on any atom is 0.387 e. The first-order chi connectivity index (χ1) is 11.0. The van der Waals surface area contributed by atoms with Crippen LogP contribution >= 0.6 is 11.6 Å². The van der Waals surface area contributed by atoms with E-state index in [1.807, 2.05) is 0 Å². The molecule has 1 aliphatic rings. The molecule has 0 spiro atoms. The quantitative estimate of drug-likeness (QED) is 0.861.